The summed E-state index contributed by atoms with van der Waals surface area (Å²) in [4.78, 5) is 7.87. The Morgan fingerprint density at radius 2 is 1.82 bits per heavy atom. The van der Waals surface area contributed by atoms with Gasteiger partial charge in [-0.3, -0.25) is 14.5 Å². The molecule has 2 aliphatic heterocycles. The molecule has 0 bridgehead atoms. The number of aromatic nitrogens is 2. The summed E-state index contributed by atoms with van der Waals surface area (Å²) < 4.78 is 2.14. The molecular formula is C17H29N5. The molecule has 0 spiro atoms. The van der Waals surface area contributed by atoms with E-state index in [1.165, 1.54) is 76.5 Å². The van der Waals surface area contributed by atoms with Gasteiger partial charge in [0.1, 0.15) is 0 Å². The molecule has 0 atom stereocenters. The summed E-state index contributed by atoms with van der Waals surface area (Å²) in [6.45, 7) is 12.1. The average Bonchev–Trinajstić information content (AvgIpc) is 3.04. The minimum atomic E-state index is 0.792. The lowest BCUT2D eigenvalue weighted by atomic mass is 10.0. The number of likely N-dealkylation sites (N-methyl/N-ethyl adjacent to an activating group) is 1. The van der Waals surface area contributed by atoms with Crippen LogP contribution in [-0.4, -0.2) is 76.3 Å². The smallest absolute Gasteiger partial charge is 0.0660 e. The van der Waals surface area contributed by atoms with Gasteiger partial charge in [-0.25, -0.2) is 0 Å². The summed E-state index contributed by atoms with van der Waals surface area (Å²) in [6, 6.07) is 0.792. The number of aryl methyl sites for hydroxylation is 2. The summed E-state index contributed by atoms with van der Waals surface area (Å²) in [5.74, 6) is 0. The molecule has 3 aliphatic rings. The fraction of sp³-hybridized carbons (Fsp3) is 0.824. The van der Waals surface area contributed by atoms with Crippen molar-refractivity contribution in [1.82, 2.24) is 24.5 Å². The average molecular weight is 303 g/mol. The molecular weight excluding hydrogens is 274 g/mol. The second-order valence-corrected chi connectivity index (χ2v) is 7.17. The molecule has 0 aromatic carbocycles. The van der Waals surface area contributed by atoms with Crippen molar-refractivity contribution in [1.29, 1.82) is 0 Å². The first kappa shape index (κ1) is 14.7. The Bertz CT molecular complexity index is 523. The van der Waals surface area contributed by atoms with E-state index in [1.54, 1.807) is 5.56 Å². The molecule has 0 amide bonds. The van der Waals surface area contributed by atoms with Crippen LogP contribution in [0.4, 0.5) is 0 Å². The molecule has 1 aromatic heterocycles. The standard InChI is InChI=1S/C17H29N5/c1-3-20-7-9-22(10-8-20)14-11-21(12-14)13-17-15-5-4-6-16(15)18-19(17)2/h14H,3-13H2,1-2H3. The molecule has 1 aliphatic carbocycles. The Morgan fingerprint density at radius 3 is 2.55 bits per heavy atom. The summed E-state index contributed by atoms with van der Waals surface area (Å²) in [7, 11) is 2.12. The molecule has 4 rings (SSSR count). The molecule has 5 nitrogen and oxygen atoms in total. The summed E-state index contributed by atoms with van der Waals surface area (Å²) in [5, 5.41) is 4.70. The molecule has 122 valence electrons. The monoisotopic (exact) mass is 303 g/mol. The van der Waals surface area contributed by atoms with Crippen LogP contribution < -0.4 is 0 Å². The molecule has 0 radical (unpaired) electrons. The number of hydrogen-bond donors (Lipinski definition) is 0. The van der Waals surface area contributed by atoms with Crippen molar-refractivity contribution in [3.05, 3.63) is 17.0 Å². The van der Waals surface area contributed by atoms with Gasteiger partial charge in [0.2, 0.25) is 0 Å². The minimum Gasteiger partial charge on any atom is -0.301 e. The SMILES string of the molecule is CCN1CCN(C2CN(Cc3c4c(nn3C)CCC4)C2)CC1. The van der Waals surface area contributed by atoms with Crippen molar-refractivity contribution in [2.75, 3.05) is 45.8 Å². The van der Waals surface area contributed by atoms with Gasteiger partial charge in [-0.1, -0.05) is 6.92 Å². The molecule has 0 N–H and O–H groups in total. The Morgan fingerprint density at radius 1 is 1.05 bits per heavy atom. The van der Waals surface area contributed by atoms with Crippen molar-refractivity contribution < 1.29 is 0 Å². The van der Waals surface area contributed by atoms with Crippen LogP contribution in [0.3, 0.4) is 0 Å². The van der Waals surface area contributed by atoms with Crippen LogP contribution in [0.25, 0.3) is 0 Å². The maximum Gasteiger partial charge on any atom is 0.0660 e. The first-order valence-corrected chi connectivity index (χ1v) is 8.97. The summed E-state index contributed by atoms with van der Waals surface area (Å²) in [6.07, 6.45) is 3.73. The van der Waals surface area contributed by atoms with Crippen LogP contribution in [0.2, 0.25) is 0 Å². The lowest BCUT2D eigenvalue weighted by Gasteiger charge is -2.48. The molecule has 2 saturated heterocycles. The Labute approximate surface area is 133 Å². The molecule has 1 aromatic rings. The van der Waals surface area contributed by atoms with E-state index in [9.17, 15) is 0 Å². The van der Waals surface area contributed by atoms with Crippen LogP contribution in [0.15, 0.2) is 0 Å². The minimum absolute atomic E-state index is 0.792. The summed E-state index contributed by atoms with van der Waals surface area (Å²) >= 11 is 0. The van der Waals surface area contributed by atoms with Gasteiger partial charge in [0.05, 0.1) is 11.4 Å². The highest BCUT2D eigenvalue weighted by Gasteiger charge is 2.34. The van der Waals surface area contributed by atoms with Crippen molar-refractivity contribution in [3.63, 3.8) is 0 Å². The van der Waals surface area contributed by atoms with Gasteiger partial charge in [-0.05, 0) is 31.4 Å². The Hall–Kier alpha value is -0.910. The zero-order valence-corrected chi connectivity index (χ0v) is 14.1. The third-order valence-electron chi connectivity index (χ3n) is 5.88. The second-order valence-electron chi connectivity index (χ2n) is 7.17. The molecule has 5 heteroatoms. The normalized spacial score (nSPS) is 24.6. The lowest BCUT2D eigenvalue weighted by Crippen LogP contribution is -2.62. The van der Waals surface area contributed by atoms with E-state index in [1.807, 2.05) is 0 Å². The molecule has 2 fully saturated rings. The van der Waals surface area contributed by atoms with Gasteiger partial charge >= 0.3 is 0 Å². The third kappa shape index (κ3) is 2.59. The number of hydrogen-bond acceptors (Lipinski definition) is 4. The van der Waals surface area contributed by atoms with Crippen molar-refractivity contribution in [2.45, 2.75) is 38.8 Å². The molecule has 3 heterocycles. The highest BCUT2D eigenvalue weighted by Crippen LogP contribution is 2.27. The predicted octanol–water partition coefficient (Wildman–Crippen LogP) is 0.731. The second kappa shape index (κ2) is 5.95. The first-order chi connectivity index (χ1) is 10.7. The topological polar surface area (TPSA) is 27.5 Å². The van der Waals surface area contributed by atoms with E-state index in [0.29, 0.717) is 0 Å². The van der Waals surface area contributed by atoms with Gasteiger partial charge in [0.25, 0.3) is 0 Å². The summed E-state index contributed by atoms with van der Waals surface area (Å²) in [5.41, 5.74) is 4.40. The van der Waals surface area contributed by atoms with Crippen LogP contribution in [0.5, 0.6) is 0 Å². The number of rotatable bonds is 4. The largest absolute Gasteiger partial charge is 0.301 e. The van der Waals surface area contributed by atoms with E-state index in [2.05, 4.69) is 33.4 Å². The van der Waals surface area contributed by atoms with E-state index in [4.69, 9.17) is 5.10 Å². The van der Waals surface area contributed by atoms with Crippen molar-refractivity contribution in [3.8, 4) is 0 Å². The van der Waals surface area contributed by atoms with Crippen molar-refractivity contribution in [2.24, 2.45) is 7.05 Å². The number of nitrogens with zero attached hydrogens (tertiary/aromatic N) is 5. The number of fused-ring (bicyclic) bond motifs is 1. The van der Waals surface area contributed by atoms with Crippen LogP contribution in [0.1, 0.15) is 30.3 Å². The Balaban J connectivity index is 1.29. The molecule has 0 saturated carbocycles. The van der Waals surface area contributed by atoms with Gasteiger partial charge < -0.3 is 4.90 Å². The number of piperazine rings is 1. The van der Waals surface area contributed by atoms with Gasteiger partial charge in [0, 0.05) is 58.9 Å². The third-order valence-corrected chi connectivity index (χ3v) is 5.88. The van der Waals surface area contributed by atoms with Gasteiger partial charge in [-0.2, -0.15) is 5.10 Å². The highest BCUT2D eigenvalue weighted by atomic mass is 15.4. The van der Waals surface area contributed by atoms with E-state index >= 15 is 0 Å². The zero-order valence-electron chi connectivity index (χ0n) is 14.1. The quantitative estimate of drug-likeness (QED) is 0.820. The zero-order chi connectivity index (χ0) is 15.1. The molecule has 22 heavy (non-hydrogen) atoms. The van der Waals surface area contributed by atoms with E-state index < -0.39 is 0 Å². The maximum atomic E-state index is 4.70. The van der Waals surface area contributed by atoms with Crippen LogP contribution >= 0.6 is 0 Å². The highest BCUT2D eigenvalue weighted by molar-refractivity contribution is 5.30. The van der Waals surface area contributed by atoms with Gasteiger partial charge in [-0.15, -0.1) is 0 Å². The van der Waals surface area contributed by atoms with E-state index in [0.717, 1.165) is 12.6 Å². The fourth-order valence-electron chi connectivity index (χ4n) is 4.34. The van der Waals surface area contributed by atoms with Crippen LogP contribution in [-0.2, 0) is 26.4 Å². The Kier molecular flexibility index (Phi) is 3.96. The van der Waals surface area contributed by atoms with Gasteiger partial charge in [0.15, 0.2) is 0 Å². The first-order valence-electron chi connectivity index (χ1n) is 8.97. The predicted molar refractivity (Wildman–Crippen MR) is 88.0 cm³/mol. The molecule has 0 unspecified atom stereocenters. The maximum absolute atomic E-state index is 4.70. The van der Waals surface area contributed by atoms with E-state index in [-0.39, 0.29) is 0 Å². The van der Waals surface area contributed by atoms with Crippen molar-refractivity contribution >= 4 is 0 Å². The lowest BCUT2D eigenvalue weighted by molar-refractivity contribution is 0.000995. The van der Waals surface area contributed by atoms with Crippen LogP contribution in [0, 0.1) is 0 Å². The number of likely N-dealkylation sites (tertiary alicyclic amines) is 1. The fourth-order valence-corrected chi connectivity index (χ4v) is 4.34.